The summed E-state index contributed by atoms with van der Waals surface area (Å²) in [6.07, 6.45) is 8.27. The molecule has 1 aliphatic rings. The molecule has 3 rings (SSSR count). The second kappa shape index (κ2) is 10.4. The lowest BCUT2D eigenvalue weighted by atomic mass is 9.97. The van der Waals surface area contributed by atoms with Gasteiger partial charge in [0.15, 0.2) is 11.0 Å². The zero-order valence-corrected chi connectivity index (χ0v) is 17.4. The molecule has 1 aliphatic carbocycles. The first-order chi connectivity index (χ1) is 13.6. The number of rotatable bonds is 10. The molecule has 0 fully saturated rings. The third-order valence-electron chi connectivity index (χ3n) is 4.53. The molecule has 150 valence electrons. The maximum atomic E-state index is 12.2. The Morgan fingerprint density at radius 2 is 2.21 bits per heavy atom. The lowest BCUT2D eigenvalue weighted by Crippen LogP contribution is -2.26. The van der Waals surface area contributed by atoms with Crippen LogP contribution in [0.1, 0.15) is 38.5 Å². The van der Waals surface area contributed by atoms with E-state index in [1.165, 1.54) is 30.2 Å². The molecule has 0 radical (unpaired) electrons. The van der Waals surface area contributed by atoms with E-state index in [4.69, 9.17) is 5.73 Å². The van der Waals surface area contributed by atoms with Gasteiger partial charge < -0.3 is 15.6 Å². The predicted molar refractivity (Wildman–Crippen MR) is 112 cm³/mol. The maximum Gasteiger partial charge on any atom is 0.230 e. The molecule has 2 amide bonds. The summed E-state index contributed by atoms with van der Waals surface area (Å²) in [5.41, 5.74) is 6.75. The van der Waals surface area contributed by atoms with Crippen LogP contribution >= 0.6 is 23.1 Å². The van der Waals surface area contributed by atoms with Gasteiger partial charge in [-0.2, -0.15) is 0 Å². The van der Waals surface area contributed by atoms with E-state index < -0.39 is 0 Å². The molecule has 2 aromatic rings. The summed E-state index contributed by atoms with van der Waals surface area (Å²) in [4.78, 5) is 24.4. The highest BCUT2D eigenvalue weighted by atomic mass is 32.2. The zero-order chi connectivity index (χ0) is 19.8. The van der Waals surface area contributed by atoms with E-state index in [2.05, 4.69) is 21.6 Å². The van der Waals surface area contributed by atoms with E-state index in [1.54, 1.807) is 11.3 Å². The Morgan fingerprint density at radius 3 is 2.93 bits per heavy atom. The monoisotopic (exact) mass is 419 g/mol. The SMILES string of the molecule is NC(=O)CCn1c(SCC(=O)NCCC2=CCCCC2)nnc1-c1cccs1. The van der Waals surface area contributed by atoms with Crippen molar-refractivity contribution in [3.8, 4) is 10.7 Å². The summed E-state index contributed by atoms with van der Waals surface area (Å²) in [6, 6.07) is 3.89. The minimum Gasteiger partial charge on any atom is -0.370 e. The molecule has 0 spiro atoms. The molecule has 2 aromatic heterocycles. The summed E-state index contributed by atoms with van der Waals surface area (Å²) in [5, 5.41) is 14.0. The average molecular weight is 420 g/mol. The number of nitrogens with two attached hydrogens (primary N) is 1. The third kappa shape index (κ3) is 5.93. The molecule has 0 atom stereocenters. The van der Waals surface area contributed by atoms with Gasteiger partial charge in [0.05, 0.1) is 10.6 Å². The molecular formula is C19H25N5O2S2. The summed E-state index contributed by atoms with van der Waals surface area (Å²) in [5.74, 6) is 0.557. The zero-order valence-electron chi connectivity index (χ0n) is 15.7. The molecule has 0 aliphatic heterocycles. The van der Waals surface area contributed by atoms with Crippen molar-refractivity contribution in [3.05, 3.63) is 29.2 Å². The molecule has 0 saturated heterocycles. The van der Waals surface area contributed by atoms with Gasteiger partial charge >= 0.3 is 0 Å². The fraction of sp³-hybridized carbons (Fsp3) is 0.474. The first-order valence-electron chi connectivity index (χ1n) is 9.46. The Bertz CT molecular complexity index is 830. The van der Waals surface area contributed by atoms with Gasteiger partial charge in [-0.15, -0.1) is 21.5 Å². The quantitative estimate of drug-likeness (QED) is 0.455. The number of amides is 2. The molecule has 2 heterocycles. The minimum absolute atomic E-state index is 0.0245. The Balaban J connectivity index is 1.54. The molecule has 3 N–H and O–H groups in total. The van der Waals surface area contributed by atoms with E-state index >= 15 is 0 Å². The highest BCUT2D eigenvalue weighted by Crippen LogP contribution is 2.27. The predicted octanol–water partition coefficient (Wildman–Crippen LogP) is 2.98. The van der Waals surface area contributed by atoms with Gasteiger partial charge in [0.1, 0.15) is 0 Å². The van der Waals surface area contributed by atoms with Crippen LogP contribution in [0.25, 0.3) is 10.7 Å². The van der Waals surface area contributed by atoms with E-state index in [1.807, 2.05) is 22.1 Å². The summed E-state index contributed by atoms with van der Waals surface area (Å²) >= 11 is 2.88. The standard InChI is InChI=1S/C19H25N5O2S2/c20-16(25)9-11-24-18(15-7-4-12-27-15)22-23-19(24)28-13-17(26)21-10-8-14-5-2-1-3-6-14/h4-5,7,12H,1-3,6,8-11,13H2,(H2,20,25)(H,21,26). The fourth-order valence-corrected chi connectivity index (χ4v) is 4.59. The molecule has 28 heavy (non-hydrogen) atoms. The number of aromatic nitrogens is 3. The second-order valence-corrected chi connectivity index (χ2v) is 8.54. The number of nitrogens with one attached hydrogen (secondary N) is 1. The molecular weight excluding hydrogens is 394 g/mol. The fourth-order valence-electron chi connectivity index (χ4n) is 3.08. The molecule has 0 saturated carbocycles. The number of carbonyl (C=O) groups excluding carboxylic acids is 2. The number of hydrogen-bond donors (Lipinski definition) is 2. The van der Waals surface area contributed by atoms with Crippen molar-refractivity contribution in [1.82, 2.24) is 20.1 Å². The van der Waals surface area contributed by atoms with Crippen molar-refractivity contribution in [2.75, 3.05) is 12.3 Å². The van der Waals surface area contributed by atoms with Crippen molar-refractivity contribution >= 4 is 34.9 Å². The van der Waals surface area contributed by atoms with Crippen LogP contribution in [0.2, 0.25) is 0 Å². The summed E-state index contributed by atoms with van der Waals surface area (Å²) in [6.45, 7) is 1.06. The lowest BCUT2D eigenvalue weighted by molar-refractivity contribution is -0.119. The van der Waals surface area contributed by atoms with Gasteiger partial charge in [0.2, 0.25) is 11.8 Å². The number of thioether (sulfide) groups is 1. The van der Waals surface area contributed by atoms with Crippen LogP contribution < -0.4 is 11.1 Å². The van der Waals surface area contributed by atoms with E-state index in [9.17, 15) is 9.59 Å². The van der Waals surface area contributed by atoms with Gasteiger partial charge in [0, 0.05) is 19.5 Å². The molecule has 7 nitrogen and oxygen atoms in total. The van der Waals surface area contributed by atoms with Crippen LogP contribution in [0, 0.1) is 0 Å². The number of hydrogen-bond acceptors (Lipinski definition) is 6. The van der Waals surface area contributed by atoms with Gasteiger partial charge in [-0.3, -0.25) is 9.59 Å². The van der Waals surface area contributed by atoms with Crippen LogP contribution in [0.5, 0.6) is 0 Å². The number of carbonyl (C=O) groups is 2. The average Bonchev–Trinajstić information content (AvgIpc) is 3.35. The van der Waals surface area contributed by atoms with Crippen LogP contribution in [-0.4, -0.2) is 38.9 Å². The maximum absolute atomic E-state index is 12.2. The smallest absolute Gasteiger partial charge is 0.230 e. The van der Waals surface area contributed by atoms with Gasteiger partial charge in [-0.25, -0.2) is 0 Å². The van der Waals surface area contributed by atoms with Crippen LogP contribution in [0.3, 0.4) is 0 Å². The van der Waals surface area contributed by atoms with Gasteiger partial charge in [-0.1, -0.05) is 29.5 Å². The van der Waals surface area contributed by atoms with Crippen molar-refractivity contribution in [2.45, 2.75) is 50.2 Å². The number of allylic oxidation sites excluding steroid dienone is 1. The van der Waals surface area contributed by atoms with E-state index in [0.717, 1.165) is 24.1 Å². The van der Waals surface area contributed by atoms with Gasteiger partial charge in [0.25, 0.3) is 0 Å². The Hall–Kier alpha value is -2.13. The first kappa shape index (κ1) is 20.6. The highest BCUT2D eigenvalue weighted by Gasteiger charge is 2.17. The van der Waals surface area contributed by atoms with Crippen molar-refractivity contribution in [1.29, 1.82) is 0 Å². The Morgan fingerprint density at radius 1 is 1.32 bits per heavy atom. The van der Waals surface area contributed by atoms with Crippen molar-refractivity contribution in [3.63, 3.8) is 0 Å². The minimum atomic E-state index is -0.378. The topological polar surface area (TPSA) is 103 Å². The normalized spacial score (nSPS) is 13.9. The van der Waals surface area contributed by atoms with Gasteiger partial charge in [-0.05, 0) is 43.6 Å². The largest absolute Gasteiger partial charge is 0.370 e. The van der Waals surface area contributed by atoms with E-state index in [0.29, 0.717) is 24.1 Å². The molecule has 0 bridgehead atoms. The van der Waals surface area contributed by atoms with Crippen LogP contribution in [-0.2, 0) is 16.1 Å². The van der Waals surface area contributed by atoms with E-state index in [-0.39, 0.29) is 24.0 Å². The number of nitrogens with zero attached hydrogens (tertiary/aromatic N) is 3. The molecule has 0 unspecified atom stereocenters. The van der Waals surface area contributed by atoms with Crippen molar-refractivity contribution < 1.29 is 9.59 Å². The Kier molecular flexibility index (Phi) is 7.67. The number of primary amides is 1. The highest BCUT2D eigenvalue weighted by molar-refractivity contribution is 7.99. The van der Waals surface area contributed by atoms with Crippen LogP contribution in [0.15, 0.2) is 34.3 Å². The molecule has 0 aromatic carbocycles. The molecule has 9 heteroatoms. The summed E-state index contributed by atoms with van der Waals surface area (Å²) < 4.78 is 1.86. The number of thiophene rings is 1. The first-order valence-corrected chi connectivity index (χ1v) is 11.3. The van der Waals surface area contributed by atoms with Crippen LogP contribution in [0.4, 0.5) is 0 Å². The van der Waals surface area contributed by atoms with Crippen molar-refractivity contribution in [2.24, 2.45) is 5.73 Å². The third-order valence-corrected chi connectivity index (χ3v) is 6.36. The second-order valence-electron chi connectivity index (χ2n) is 6.65. The lowest BCUT2D eigenvalue weighted by Gasteiger charge is -2.13. The Labute approximate surface area is 172 Å². The summed E-state index contributed by atoms with van der Waals surface area (Å²) in [7, 11) is 0.